The fourth-order valence-electron chi connectivity index (χ4n) is 5.28. The van der Waals surface area contributed by atoms with E-state index in [9.17, 15) is 0 Å². The van der Waals surface area contributed by atoms with Crippen molar-refractivity contribution in [2.45, 2.75) is 85.5 Å². The maximum atomic E-state index is 7.14. The van der Waals surface area contributed by atoms with Crippen LogP contribution >= 0.6 is 0 Å². The summed E-state index contributed by atoms with van der Waals surface area (Å²) in [5.74, 6) is 0. The summed E-state index contributed by atoms with van der Waals surface area (Å²) in [5, 5.41) is 2.63. The second-order valence-electron chi connectivity index (χ2n) is 13.0. The van der Waals surface area contributed by atoms with Crippen molar-refractivity contribution in [3.05, 3.63) is 126 Å². The maximum absolute atomic E-state index is 7.14. The molecule has 2 nitrogen and oxygen atoms in total. The minimum atomic E-state index is -2.52. The van der Waals surface area contributed by atoms with Crippen LogP contribution < -0.4 is 10.4 Å². The third-order valence-electron chi connectivity index (χ3n) is 7.82. The molecule has 0 fully saturated rings. The van der Waals surface area contributed by atoms with E-state index in [-0.39, 0.29) is 16.6 Å². The molecule has 0 spiro atoms. The first-order valence-electron chi connectivity index (χ1n) is 14.9. The third kappa shape index (κ3) is 9.28. The summed E-state index contributed by atoms with van der Waals surface area (Å²) in [5.41, 5.74) is 7.05. The molecule has 0 aliphatic heterocycles. The van der Waals surface area contributed by atoms with Crippen molar-refractivity contribution in [3.63, 3.8) is 0 Å². The topological polar surface area (TPSA) is 18.5 Å². The Bertz CT molecular complexity index is 1240. The van der Waals surface area contributed by atoms with Gasteiger partial charge in [0.05, 0.1) is 12.7 Å². The van der Waals surface area contributed by atoms with Gasteiger partial charge in [0.1, 0.15) is 0 Å². The maximum Gasteiger partial charge on any atom is 0.261 e. The van der Waals surface area contributed by atoms with E-state index >= 15 is 0 Å². The molecular weight excluding hydrogens is 517 g/mol. The molecule has 1 atom stereocenters. The van der Waals surface area contributed by atoms with Crippen LogP contribution in [0.2, 0.25) is 5.04 Å². The van der Waals surface area contributed by atoms with Crippen LogP contribution in [0.25, 0.3) is 0 Å². The molecule has 1 unspecified atom stereocenters. The summed E-state index contributed by atoms with van der Waals surface area (Å²) in [7, 11) is -2.52. The van der Waals surface area contributed by atoms with Crippen molar-refractivity contribution in [2.75, 3.05) is 6.61 Å². The van der Waals surface area contributed by atoms with Crippen molar-refractivity contribution in [1.29, 1.82) is 0 Å². The Hall–Kier alpha value is -2.94. The van der Waals surface area contributed by atoms with E-state index in [0.29, 0.717) is 13.2 Å². The highest BCUT2D eigenvalue weighted by Crippen LogP contribution is 2.37. The fraction of sp³-hybridized carbons (Fsp3) is 0.395. The van der Waals surface area contributed by atoms with Crippen molar-refractivity contribution in [3.8, 4) is 0 Å². The normalized spacial score (nSPS) is 12.9. The highest BCUT2D eigenvalue weighted by molar-refractivity contribution is 6.99. The minimum Gasteiger partial charge on any atom is -0.407 e. The van der Waals surface area contributed by atoms with Crippen molar-refractivity contribution in [2.24, 2.45) is 5.41 Å². The van der Waals surface area contributed by atoms with Gasteiger partial charge in [-0.25, -0.2) is 0 Å². The van der Waals surface area contributed by atoms with Gasteiger partial charge < -0.3 is 9.16 Å². The molecule has 41 heavy (non-hydrogen) atoms. The van der Waals surface area contributed by atoms with Gasteiger partial charge >= 0.3 is 0 Å². The molecule has 0 heterocycles. The molecule has 0 saturated carbocycles. The van der Waals surface area contributed by atoms with E-state index in [0.717, 1.165) is 24.8 Å². The summed E-state index contributed by atoms with van der Waals surface area (Å²) < 4.78 is 13.3. The van der Waals surface area contributed by atoms with Gasteiger partial charge in [-0.15, -0.1) is 5.73 Å². The molecule has 0 aliphatic rings. The van der Waals surface area contributed by atoms with Crippen molar-refractivity contribution in [1.82, 2.24) is 0 Å². The van der Waals surface area contributed by atoms with Crippen LogP contribution in [0.4, 0.5) is 0 Å². The molecule has 0 aromatic heterocycles. The largest absolute Gasteiger partial charge is 0.407 e. The first kappa shape index (κ1) is 32.6. The smallest absolute Gasteiger partial charge is 0.261 e. The second kappa shape index (κ2) is 14.8. The molecule has 3 rings (SSSR count). The Kier molecular flexibility index (Phi) is 11.8. The average molecular weight is 567 g/mol. The van der Waals surface area contributed by atoms with E-state index in [2.05, 4.69) is 140 Å². The molecule has 0 saturated heterocycles. The molecule has 3 aromatic rings. The minimum absolute atomic E-state index is 0.0193. The molecule has 0 N–H and O–H groups in total. The fourth-order valence-corrected chi connectivity index (χ4v) is 9.85. The SMILES string of the molecule is C=C(C)C(CCC(C)=C=CC(C)(C)CCO[Si](c1ccccc1)(c1ccccc1)C(C)(C)C)OCc1ccccc1. The quantitative estimate of drug-likeness (QED) is 0.110. The van der Waals surface area contributed by atoms with Gasteiger partial charge in [-0.3, -0.25) is 0 Å². The van der Waals surface area contributed by atoms with Gasteiger partial charge in [-0.1, -0.05) is 138 Å². The Morgan fingerprint density at radius 1 is 0.829 bits per heavy atom. The highest BCUT2D eigenvalue weighted by atomic mass is 28.4. The molecule has 0 bridgehead atoms. The highest BCUT2D eigenvalue weighted by Gasteiger charge is 2.50. The van der Waals surface area contributed by atoms with Crippen molar-refractivity contribution >= 4 is 18.7 Å². The Morgan fingerprint density at radius 3 is 1.83 bits per heavy atom. The predicted octanol–water partition coefficient (Wildman–Crippen LogP) is 9.02. The lowest BCUT2D eigenvalue weighted by Crippen LogP contribution is -2.66. The molecule has 3 heteroatoms. The lowest BCUT2D eigenvalue weighted by atomic mass is 9.89. The summed E-state index contributed by atoms with van der Waals surface area (Å²) in [6.07, 6.45) is 5.04. The zero-order valence-corrected chi connectivity index (χ0v) is 27.4. The molecule has 0 amide bonds. The van der Waals surface area contributed by atoms with Gasteiger partial charge in [0.15, 0.2) is 0 Å². The van der Waals surface area contributed by atoms with Gasteiger partial charge in [0.25, 0.3) is 8.32 Å². The van der Waals surface area contributed by atoms with Gasteiger partial charge in [0, 0.05) is 6.61 Å². The van der Waals surface area contributed by atoms with Crippen LogP contribution in [0, 0.1) is 5.41 Å². The van der Waals surface area contributed by atoms with E-state index in [1.54, 1.807) is 0 Å². The molecule has 218 valence electrons. The third-order valence-corrected chi connectivity index (χ3v) is 12.9. The van der Waals surface area contributed by atoms with Crippen molar-refractivity contribution < 1.29 is 9.16 Å². The van der Waals surface area contributed by atoms with Crippen LogP contribution in [-0.4, -0.2) is 21.0 Å². The predicted molar refractivity (Wildman–Crippen MR) is 178 cm³/mol. The Morgan fingerprint density at radius 2 is 1.34 bits per heavy atom. The number of rotatable bonds is 14. The number of hydrogen-bond donors (Lipinski definition) is 0. The zero-order valence-electron chi connectivity index (χ0n) is 26.4. The van der Waals surface area contributed by atoms with Crippen LogP contribution in [0.3, 0.4) is 0 Å². The average Bonchev–Trinajstić information content (AvgIpc) is 2.95. The van der Waals surface area contributed by atoms with E-state index in [4.69, 9.17) is 9.16 Å². The van der Waals surface area contributed by atoms with Gasteiger partial charge in [-0.05, 0) is 71.1 Å². The van der Waals surface area contributed by atoms with E-state index < -0.39 is 8.32 Å². The number of ether oxygens (including phenoxy) is 1. The monoisotopic (exact) mass is 566 g/mol. The Balaban J connectivity index is 1.68. The summed E-state index contributed by atoms with van der Waals surface area (Å²) >= 11 is 0. The second-order valence-corrected chi connectivity index (χ2v) is 17.3. The zero-order chi connectivity index (χ0) is 29.9. The Labute approximate surface area is 251 Å². The first-order valence-corrected chi connectivity index (χ1v) is 16.8. The standard InChI is InChI=1S/C38H50O2Si/c1-31(2)36(39-30-33-18-12-9-13-19-33)25-24-32(3)26-27-38(7,8)28-29-40-41(37(4,5)6,34-20-14-10-15-21-34)35-22-16-11-17-23-35/h9-23,27,36H,1,24-25,28-30H2,2-8H3. The number of allylic oxidation sites excluding steroid dienone is 1. The van der Waals surface area contributed by atoms with Crippen LogP contribution in [0.15, 0.2) is 121 Å². The summed E-state index contributed by atoms with van der Waals surface area (Å²) in [6.45, 7) is 21.2. The first-order chi connectivity index (χ1) is 19.4. The molecule has 3 aromatic carbocycles. The van der Waals surface area contributed by atoms with Gasteiger partial charge in [-0.2, -0.15) is 0 Å². The molecular formula is C38H50O2Si. The number of benzene rings is 3. The lowest BCUT2D eigenvalue weighted by Gasteiger charge is -2.43. The lowest BCUT2D eigenvalue weighted by molar-refractivity contribution is 0.0594. The van der Waals surface area contributed by atoms with Crippen LogP contribution in [0.1, 0.15) is 73.3 Å². The molecule has 0 aliphatic carbocycles. The summed E-state index contributed by atoms with van der Waals surface area (Å²) in [4.78, 5) is 0. The van der Waals surface area contributed by atoms with Crippen LogP contribution in [-0.2, 0) is 15.8 Å². The van der Waals surface area contributed by atoms with E-state index in [1.165, 1.54) is 21.5 Å². The number of hydrogen-bond acceptors (Lipinski definition) is 2. The van der Waals surface area contributed by atoms with E-state index in [1.807, 2.05) is 18.2 Å². The molecule has 0 radical (unpaired) electrons. The summed E-state index contributed by atoms with van der Waals surface area (Å²) in [6, 6.07) is 32.1. The van der Waals surface area contributed by atoms with Gasteiger partial charge in [0.2, 0.25) is 0 Å². The van der Waals surface area contributed by atoms with Crippen LogP contribution in [0.5, 0.6) is 0 Å².